The molecule has 1 N–H and O–H groups in total. The van der Waals surface area contributed by atoms with Crippen LogP contribution in [0.1, 0.15) is 29.3 Å². The average Bonchev–Trinajstić information content (AvgIpc) is 3.09. The molecule has 20 heavy (non-hydrogen) atoms. The van der Waals surface area contributed by atoms with Crippen LogP contribution in [0.4, 0.5) is 0 Å². The Morgan fingerprint density at radius 1 is 1.40 bits per heavy atom. The molecule has 3 nitrogen and oxygen atoms in total. The zero-order valence-corrected chi connectivity index (χ0v) is 13.3. The number of fused-ring (bicyclic) bond motifs is 1. The third kappa shape index (κ3) is 2.08. The number of nitrogens with one attached hydrogen (secondary N) is 1. The van der Waals surface area contributed by atoms with Crippen LogP contribution in [0.3, 0.4) is 0 Å². The molecule has 1 fully saturated rings. The molecule has 106 valence electrons. The van der Waals surface area contributed by atoms with Crippen molar-refractivity contribution in [3.05, 3.63) is 39.1 Å². The number of hydrogen-bond acceptors (Lipinski definition) is 2. The number of nitrogens with zero attached hydrogens (tertiary/aromatic N) is 2. The lowest BCUT2D eigenvalue weighted by atomic mass is 9.96. The molecule has 3 heterocycles. The molecule has 1 aliphatic heterocycles. The zero-order chi connectivity index (χ0) is 13.7. The molecule has 0 bridgehead atoms. The van der Waals surface area contributed by atoms with E-state index in [1.54, 1.807) is 15.3 Å². The first-order valence-electron chi connectivity index (χ1n) is 7.36. The first-order valence-corrected chi connectivity index (χ1v) is 8.65. The van der Waals surface area contributed by atoms with Crippen LogP contribution in [0.15, 0.2) is 23.8 Å². The molecule has 0 spiro atoms. The van der Waals surface area contributed by atoms with Crippen LogP contribution in [0, 0.1) is 10.7 Å². The van der Waals surface area contributed by atoms with E-state index in [1.165, 1.54) is 25.8 Å². The Bertz CT molecular complexity index is 677. The summed E-state index contributed by atoms with van der Waals surface area (Å²) in [5, 5.41) is 2.27. The van der Waals surface area contributed by atoms with Crippen LogP contribution in [-0.4, -0.2) is 15.7 Å². The fourth-order valence-electron chi connectivity index (χ4n) is 3.52. The van der Waals surface area contributed by atoms with E-state index < -0.39 is 0 Å². The predicted octanol–water partition coefficient (Wildman–Crippen LogP) is 2.17. The minimum atomic E-state index is 0.701. The van der Waals surface area contributed by atoms with Gasteiger partial charge in [0.1, 0.15) is 6.04 Å². The first-order chi connectivity index (χ1) is 9.74. The van der Waals surface area contributed by atoms with Gasteiger partial charge in [0.05, 0.1) is 6.54 Å². The Hall–Kier alpha value is -0.910. The molecule has 2 atom stereocenters. The van der Waals surface area contributed by atoms with E-state index in [4.69, 9.17) is 12.2 Å². The van der Waals surface area contributed by atoms with Crippen LogP contribution in [0.2, 0.25) is 0 Å². The third-order valence-electron chi connectivity index (χ3n) is 4.71. The smallest absolute Gasteiger partial charge is 0.183 e. The summed E-state index contributed by atoms with van der Waals surface area (Å²) in [6, 6.07) is 3.07. The quantitative estimate of drug-likeness (QED) is 0.859. The van der Waals surface area contributed by atoms with Crippen molar-refractivity contribution < 1.29 is 4.90 Å². The molecule has 0 aromatic carbocycles. The summed E-state index contributed by atoms with van der Waals surface area (Å²) in [5.74, 6) is 0.900. The van der Waals surface area contributed by atoms with Gasteiger partial charge in [-0.3, -0.25) is 4.57 Å². The second kappa shape index (κ2) is 4.83. The fourth-order valence-corrected chi connectivity index (χ4v) is 4.64. The highest BCUT2D eigenvalue weighted by Gasteiger charge is 2.43. The molecular formula is C15H20N3S2+. The monoisotopic (exact) mass is 306 g/mol. The molecule has 1 saturated carbocycles. The van der Waals surface area contributed by atoms with Gasteiger partial charge < -0.3 is 9.47 Å². The van der Waals surface area contributed by atoms with Crippen molar-refractivity contribution in [2.45, 2.75) is 32.0 Å². The second-order valence-corrected chi connectivity index (χ2v) is 7.46. The van der Waals surface area contributed by atoms with Gasteiger partial charge in [0, 0.05) is 42.2 Å². The standard InChI is InChI=1S/C15H19N3S2/c1-16-7-8-18(15(16)19)10-17-6-4-13-12(5-9-20-13)14(17)11-2-3-11/h5,7-9,11,14H,2-4,6,10H2,1H3/p+1/t14-/m0/s1. The van der Waals surface area contributed by atoms with Crippen molar-refractivity contribution in [1.82, 2.24) is 9.13 Å². The zero-order valence-electron chi connectivity index (χ0n) is 11.7. The molecule has 0 amide bonds. The Balaban J connectivity index is 1.64. The lowest BCUT2D eigenvalue weighted by Gasteiger charge is -2.33. The molecule has 1 aliphatic carbocycles. The minimum Gasteiger partial charge on any atom is -0.327 e. The summed E-state index contributed by atoms with van der Waals surface area (Å²) in [4.78, 5) is 3.32. The van der Waals surface area contributed by atoms with Gasteiger partial charge in [0.25, 0.3) is 0 Å². The molecular weight excluding hydrogens is 286 g/mol. The topological polar surface area (TPSA) is 14.3 Å². The van der Waals surface area contributed by atoms with Crippen LogP contribution in [-0.2, 0) is 20.1 Å². The van der Waals surface area contributed by atoms with Crippen LogP contribution in [0.5, 0.6) is 0 Å². The van der Waals surface area contributed by atoms with Crippen molar-refractivity contribution in [3.63, 3.8) is 0 Å². The summed E-state index contributed by atoms with van der Waals surface area (Å²) in [7, 11) is 2.03. The Kier molecular flexibility index (Phi) is 3.09. The van der Waals surface area contributed by atoms with Gasteiger partial charge in [-0.25, -0.2) is 0 Å². The highest BCUT2D eigenvalue weighted by Crippen LogP contribution is 2.42. The highest BCUT2D eigenvalue weighted by atomic mass is 32.1. The van der Waals surface area contributed by atoms with Gasteiger partial charge in [-0.2, -0.15) is 0 Å². The molecule has 0 radical (unpaired) electrons. The fraction of sp³-hybridized carbons (Fsp3) is 0.533. The molecule has 1 unspecified atom stereocenters. The Morgan fingerprint density at radius 2 is 2.25 bits per heavy atom. The van der Waals surface area contributed by atoms with E-state index >= 15 is 0 Å². The van der Waals surface area contributed by atoms with Gasteiger partial charge in [-0.15, -0.1) is 11.3 Å². The average molecular weight is 306 g/mol. The van der Waals surface area contributed by atoms with Crippen molar-refractivity contribution in [2.24, 2.45) is 13.0 Å². The number of quaternary nitrogens is 1. The van der Waals surface area contributed by atoms with Crippen LogP contribution >= 0.6 is 23.6 Å². The molecule has 2 aromatic rings. The van der Waals surface area contributed by atoms with Gasteiger partial charge >= 0.3 is 0 Å². The number of imidazole rings is 1. The molecule has 5 heteroatoms. The highest BCUT2D eigenvalue weighted by molar-refractivity contribution is 7.71. The van der Waals surface area contributed by atoms with Gasteiger partial charge in [-0.05, 0) is 36.5 Å². The van der Waals surface area contributed by atoms with Gasteiger partial charge in [0.2, 0.25) is 0 Å². The van der Waals surface area contributed by atoms with E-state index in [2.05, 4.69) is 28.4 Å². The first kappa shape index (κ1) is 12.8. The van der Waals surface area contributed by atoms with Gasteiger partial charge in [0.15, 0.2) is 11.4 Å². The van der Waals surface area contributed by atoms with Crippen LogP contribution in [0.25, 0.3) is 0 Å². The minimum absolute atomic E-state index is 0.701. The number of hydrogen-bond donors (Lipinski definition) is 1. The van der Waals surface area contributed by atoms with E-state index in [0.29, 0.717) is 6.04 Å². The van der Waals surface area contributed by atoms with Crippen molar-refractivity contribution in [2.75, 3.05) is 6.54 Å². The Labute approximate surface area is 128 Å². The third-order valence-corrected chi connectivity index (χ3v) is 6.23. The largest absolute Gasteiger partial charge is 0.327 e. The summed E-state index contributed by atoms with van der Waals surface area (Å²) in [6.45, 7) is 2.25. The molecule has 2 aliphatic rings. The number of rotatable bonds is 3. The molecule has 4 rings (SSSR count). The summed E-state index contributed by atoms with van der Waals surface area (Å²) in [5.41, 5.74) is 1.63. The summed E-state index contributed by atoms with van der Waals surface area (Å²) < 4.78 is 5.20. The van der Waals surface area contributed by atoms with E-state index in [0.717, 1.165) is 17.4 Å². The van der Waals surface area contributed by atoms with Crippen molar-refractivity contribution in [1.29, 1.82) is 0 Å². The summed E-state index contributed by atoms with van der Waals surface area (Å²) in [6.07, 6.45) is 8.23. The van der Waals surface area contributed by atoms with E-state index in [9.17, 15) is 0 Å². The van der Waals surface area contributed by atoms with E-state index in [-0.39, 0.29) is 0 Å². The maximum Gasteiger partial charge on any atom is 0.183 e. The SMILES string of the molecule is Cn1ccn(C[NH+]2CCc3sccc3[C@@H]2C2CC2)c1=S. The normalized spacial score (nSPS) is 25.6. The van der Waals surface area contributed by atoms with Gasteiger partial charge in [-0.1, -0.05) is 0 Å². The number of thiophene rings is 1. The van der Waals surface area contributed by atoms with Crippen molar-refractivity contribution in [3.8, 4) is 0 Å². The number of aromatic nitrogens is 2. The lowest BCUT2D eigenvalue weighted by molar-refractivity contribution is -0.957. The maximum absolute atomic E-state index is 5.49. The second-order valence-electron chi connectivity index (χ2n) is 6.09. The van der Waals surface area contributed by atoms with E-state index in [1.807, 2.05) is 23.0 Å². The Morgan fingerprint density at radius 3 is 2.95 bits per heavy atom. The van der Waals surface area contributed by atoms with Crippen molar-refractivity contribution >= 4 is 23.6 Å². The lowest BCUT2D eigenvalue weighted by Crippen LogP contribution is -3.13. The molecule has 0 saturated heterocycles. The summed E-state index contributed by atoms with van der Waals surface area (Å²) >= 11 is 7.44. The molecule has 2 aromatic heterocycles. The van der Waals surface area contributed by atoms with Crippen LogP contribution < -0.4 is 4.90 Å². The number of aryl methyl sites for hydroxylation is 1. The predicted molar refractivity (Wildman–Crippen MR) is 83.6 cm³/mol. The maximum atomic E-state index is 5.49.